The molecule has 0 aromatic rings. The Kier molecular flexibility index (Phi) is 6.78. The number of nitrogens with two attached hydrogens (primary N) is 1. The third kappa shape index (κ3) is 4.05. The van der Waals surface area contributed by atoms with Crippen LogP contribution in [0.15, 0.2) is 0 Å². The van der Waals surface area contributed by atoms with Gasteiger partial charge in [0.05, 0.1) is 13.2 Å². The third-order valence-corrected chi connectivity index (χ3v) is 0.846. The Morgan fingerprint density at radius 1 is 1.25 bits per heavy atom. The number of rotatable bonds is 0. The summed E-state index contributed by atoms with van der Waals surface area (Å²) < 4.78 is 5.01. The van der Waals surface area contributed by atoms with Crippen molar-refractivity contribution in [3.8, 4) is 0 Å². The molecule has 50 valence electrons. The van der Waals surface area contributed by atoms with Crippen molar-refractivity contribution in [2.24, 2.45) is 5.73 Å². The highest BCUT2D eigenvalue weighted by molar-refractivity contribution is 4.49. The van der Waals surface area contributed by atoms with E-state index in [9.17, 15) is 0 Å². The van der Waals surface area contributed by atoms with Crippen LogP contribution in [0.2, 0.25) is 0 Å². The van der Waals surface area contributed by atoms with E-state index in [0.717, 1.165) is 26.3 Å². The van der Waals surface area contributed by atoms with Crippen LogP contribution < -0.4 is 11.1 Å². The quantitative estimate of drug-likeness (QED) is 0.437. The zero-order valence-corrected chi connectivity index (χ0v) is 5.31. The van der Waals surface area contributed by atoms with Crippen molar-refractivity contribution in [1.82, 2.24) is 5.32 Å². The lowest BCUT2D eigenvalue weighted by molar-refractivity contribution is 0.109. The molecule has 1 rings (SSSR count). The van der Waals surface area contributed by atoms with Gasteiger partial charge in [-0.15, -0.1) is 0 Å². The van der Waals surface area contributed by atoms with Gasteiger partial charge in [0.1, 0.15) is 0 Å². The minimum Gasteiger partial charge on any atom is -0.379 e. The van der Waals surface area contributed by atoms with E-state index in [1.807, 2.05) is 0 Å². The van der Waals surface area contributed by atoms with Crippen LogP contribution in [0.25, 0.3) is 0 Å². The summed E-state index contributed by atoms with van der Waals surface area (Å²) >= 11 is 0. The number of hydrogen-bond donors (Lipinski definition) is 2. The molecule has 0 saturated carbocycles. The number of morpholine rings is 1. The van der Waals surface area contributed by atoms with Crippen LogP contribution in [0.1, 0.15) is 0 Å². The Bertz CT molecular complexity index is 25.9. The maximum atomic E-state index is 5.01. The lowest BCUT2D eigenvalue weighted by Gasteiger charge is -2.10. The summed E-state index contributed by atoms with van der Waals surface area (Å²) in [5.41, 5.74) is 4.50. The van der Waals surface area contributed by atoms with Crippen LogP contribution in [0, 0.1) is 0 Å². The molecule has 0 amide bonds. The fourth-order valence-corrected chi connectivity index (χ4v) is 0.516. The van der Waals surface area contributed by atoms with Crippen LogP contribution in [-0.2, 0) is 4.74 Å². The lowest BCUT2D eigenvalue weighted by Crippen LogP contribution is -2.30. The molecule has 0 aromatic carbocycles. The maximum absolute atomic E-state index is 5.01. The summed E-state index contributed by atoms with van der Waals surface area (Å²) in [5.74, 6) is 0. The standard InChI is InChI=1S/C4H9NO.CH5N/c1-3-6-4-2-5-1;1-2/h5H,1-4H2;2H2,1H3. The lowest BCUT2D eigenvalue weighted by atomic mass is 10.5. The zero-order valence-electron chi connectivity index (χ0n) is 5.31. The fraction of sp³-hybridized carbons (Fsp3) is 1.00. The Hall–Kier alpha value is -0.120. The van der Waals surface area contributed by atoms with Crippen LogP contribution in [-0.4, -0.2) is 33.4 Å². The van der Waals surface area contributed by atoms with E-state index in [0.29, 0.717) is 0 Å². The number of ether oxygens (including phenoxy) is 1. The van der Waals surface area contributed by atoms with Crippen LogP contribution >= 0.6 is 0 Å². The van der Waals surface area contributed by atoms with Gasteiger partial charge in [0.25, 0.3) is 0 Å². The van der Waals surface area contributed by atoms with Crippen molar-refractivity contribution in [1.29, 1.82) is 0 Å². The predicted molar refractivity (Wildman–Crippen MR) is 33.8 cm³/mol. The summed E-state index contributed by atoms with van der Waals surface area (Å²) in [6.45, 7) is 3.83. The second kappa shape index (κ2) is 6.88. The SMILES string of the molecule is C1COCCN1.CN. The highest BCUT2D eigenvalue weighted by Crippen LogP contribution is 1.76. The molecule has 1 fully saturated rings. The second-order valence-corrected chi connectivity index (χ2v) is 1.36. The average molecular weight is 118 g/mol. The molecule has 3 N–H and O–H groups in total. The van der Waals surface area contributed by atoms with Gasteiger partial charge in [-0.3, -0.25) is 0 Å². The first-order valence-corrected chi connectivity index (χ1v) is 2.86. The number of nitrogens with one attached hydrogen (secondary N) is 1. The topological polar surface area (TPSA) is 47.3 Å². The van der Waals surface area contributed by atoms with Gasteiger partial charge in [-0.1, -0.05) is 0 Å². The van der Waals surface area contributed by atoms with Crippen molar-refractivity contribution in [2.75, 3.05) is 33.4 Å². The molecule has 1 saturated heterocycles. The zero-order chi connectivity index (χ0) is 6.24. The molecule has 1 aliphatic heterocycles. The van der Waals surface area contributed by atoms with Crippen LogP contribution in [0.3, 0.4) is 0 Å². The predicted octanol–water partition coefficient (Wildman–Crippen LogP) is -0.819. The molecule has 0 atom stereocenters. The molecule has 0 aromatic heterocycles. The number of hydrogen-bond acceptors (Lipinski definition) is 3. The highest BCUT2D eigenvalue weighted by Gasteiger charge is 1.92. The van der Waals surface area contributed by atoms with Gasteiger partial charge in [-0.25, -0.2) is 0 Å². The first-order chi connectivity index (χ1) is 4.00. The van der Waals surface area contributed by atoms with Gasteiger partial charge in [0.15, 0.2) is 0 Å². The molecule has 0 bridgehead atoms. The summed E-state index contributed by atoms with van der Waals surface area (Å²) in [6, 6.07) is 0. The van der Waals surface area contributed by atoms with Crippen molar-refractivity contribution in [3.63, 3.8) is 0 Å². The monoisotopic (exact) mass is 118 g/mol. The van der Waals surface area contributed by atoms with Crippen molar-refractivity contribution < 1.29 is 4.74 Å². The highest BCUT2D eigenvalue weighted by atomic mass is 16.5. The van der Waals surface area contributed by atoms with E-state index in [4.69, 9.17) is 4.74 Å². The molecule has 0 unspecified atom stereocenters. The van der Waals surface area contributed by atoms with E-state index in [2.05, 4.69) is 11.1 Å². The van der Waals surface area contributed by atoms with Gasteiger partial charge in [-0.05, 0) is 7.05 Å². The first kappa shape index (κ1) is 7.88. The van der Waals surface area contributed by atoms with E-state index < -0.39 is 0 Å². The van der Waals surface area contributed by atoms with Crippen molar-refractivity contribution >= 4 is 0 Å². The van der Waals surface area contributed by atoms with Crippen LogP contribution in [0.4, 0.5) is 0 Å². The van der Waals surface area contributed by atoms with Gasteiger partial charge in [0.2, 0.25) is 0 Å². The maximum Gasteiger partial charge on any atom is 0.0591 e. The molecule has 8 heavy (non-hydrogen) atoms. The summed E-state index contributed by atoms with van der Waals surface area (Å²) in [4.78, 5) is 0. The largest absolute Gasteiger partial charge is 0.379 e. The Morgan fingerprint density at radius 3 is 1.88 bits per heavy atom. The summed E-state index contributed by atoms with van der Waals surface area (Å²) in [6.07, 6.45) is 0. The van der Waals surface area contributed by atoms with Gasteiger partial charge in [0, 0.05) is 13.1 Å². The van der Waals surface area contributed by atoms with Crippen molar-refractivity contribution in [3.05, 3.63) is 0 Å². The normalized spacial score (nSPS) is 18.8. The van der Waals surface area contributed by atoms with E-state index in [-0.39, 0.29) is 0 Å². The molecule has 3 nitrogen and oxygen atoms in total. The van der Waals surface area contributed by atoms with Gasteiger partial charge in [-0.2, -0.15) is 0 Å². The van der Waals surface area contributed by atoms with E-state index in [1.165, 1.54) is 7.05 Å². The van der Waals surface area contributed by atoms with Crippen molar-refractivity contribution in [2.45, 2.75) is 0 Å². The smallest absolute Gasteiger partial charge is 0.0591 e. The molecular formula is C5H14N2O. The minimum absolute atomic E-state index is 0.889. The van der Waals surface area contributed by atoms with E-state index in [1.54, 1.807) is 0 Å². The molecule has 0 aliphatic carbocycles. The molecule has 0 spiro atoms. The Labute approximate surface area is 50.2 Å². The minimum atomic E-state index is 0.889. The van der Waals surface area contributed by atoms with Gasteiger partial charge < -0.3 is 15.8 Å². The van der Waals surface area contributed by atoms with Crippen LogP contribution in [0.5, 0.6) is 0 Å². The molecule has 3 heteroatoms. The molecule has 0 radical (unpaired) electrons. The Morgan fingerprint density at radius 2 is 1.75 bits per heavy atom. The second-order valence-electron chi connectivity index (χ2n) is 1.36. The van der Waals surface area contributed by atoms with Gasteiger partial charge >= 0.3 is 0 Å². The summed E-state index contributed by atoms with van der Waals surface area (Å²) in [5, 5.41) is 3.16. The summed E-state index contributed by atoms with van der Waals surface area (Å²) in [7, 11) is 1.50. The molecule has 1 aliphatic rings. The Balaban J connectivity index is 0.000000222. The fourth-order valence-electron chi connectivity index (χ4n) is 0.516. The molecule has 1 heterocycles. The first-order valence-electron chi connectivity index (χ1n) is 2.86. The third-order valence-electron chi connectivity index (χ3n) is 0.846. The molecular weight excluding hydrogens is 104 g/mol. The van der Waals surface area contributed by atoms with E-state index >= 15 is 0 Å². The average Bonchev–Trinajstić information content (AvgIpc) is 1.96.